The highest BCUT2D eigenvalue weighted by Gasteiger charge is 2.39. The number of ether oxygens (including phenoxy) is 1. The molecule has 20 heavy (non-hydrogen) atoms. The fourth-order valence-electron chi connectivity index (χ4n) is 3.34. The van der Waals surface area contributed by atoms with E-state index >= 15 is 0 Å². The molecule has 6 heteroatoms. The van der Waals surface area contributed by atoms with Crippen LogP contribution in [0.5, 0.6) is 0 Å². The molecular formula is C14H25F3N2O. The minimum absolute atomic E-state index is 0.184. The smallest absolute Gasteiger partial charge is 0.372 e. The van der Waals surface area contributed by atoms with E-state index in [0.29, 0.717) is 12.5 Å². The maximum atomic E-state index is 12.0. The van der Waals surface area contributed by atoms with Gasteiger partial charge in [0.25, 0.3) is 0 Å². The van der Waals surface area contributed by atoms with E-state index in [2.05, 4.69) is 21.9 Å². The molecule has 1 unspecified atom stereocenters. The number of halogens is 3. The number of nitrogens with one attached hydrogen (secondary N) is 1. The lowest BCUT2D eigenvalue weighted by Gasteiger charge is -2.45. The number of piperazine rings is 1. The third kappa shape index (κ3) is 4.60. The molecule has 0 amide bonds. The van der Waals surface area contributed by atoms with Crippen molar-refractivity contribution in [1.29, 1.82) is 0 Å². The van der Waals surface area contributed by atoms with Crippen LogP contribution in [0.25, 0.3) is 0 Å². The molecule has 1 saturated heterocycles. The van der Waals surface area contributed by atoms with Gasteiger partial charge in [-0.3, -0.25) is 4.90 Å². The number of hydrogen-bond acceptors (Lipinski definition) is 3. The fourth-order valence-corrected chi connectivity index (χ4v) is 3.34. The zero-order valence-corrected chi connectivity index (χ0v) is 12.1. The maximum absolute atomic E-state index is 12.0. The molecule has 0 aromatic heterocycles. The Morgan fingerprint density at radius 3 is 2.65 bits per heavy atom. The molecule has 118 valence electrons. The first-order valence-corrected chi connectivity index (χ1v) is 7.54. The van der Waals surface area contributed by atoms with Crippen LogP contribution in [0.1, 0.15) is 39.0 Å². The zero-order valence-electron chi connectivity index (χ0n) is 12.1. The average molecular weight is 294 g/mol. The van der Waals surface area contributed by atoms with E-state index in [-0.39, 0.29) is 12.1 Å². The molecule has 1 saturated carbocycles. The predicted molar refractivity (Wildman–Crippen MR) is 71.7 cm³/mol. The van der Waals surface area contributed by atoms with Crippen LogP contribution >= 0.6 is 0 Å². The molecule has 2 aliphatic rings. The Labute approximate surface area is 118 Å². The Hall–Kier alpha value is -0.330. The highest BCUT2D eigenvalue weighted by molar-refractivity contribution is 5.00. The van der Waals surface area contributed by atoms with Crippen LogP contribution in [0, 0.1) is 0 Å². The van der Waals surface area contributed by atoms with Gasteiger partial charge in [0, 0.05) is 37.8 Å². The summed E-state index contributed by atoms with van der Waals surface area (Å²) in [6.45, 7) is 4.04. The van der Waals surface area contributed by atoms with Crippen molar-refractivity contribution in [3.63, 3.8) is 0 Å². The Kier molecular flexibility index (Phi) is 5.31. The molecule has 1 N–H and O–H groups in total. The number of rotatable bonds is 5. The van der Waals surface area contributed by atoms with Gasteiger partial charge in [0.2, 0.25) is 0 Å². The van der Waals surface area contributed by atoms with Crippen molar-refractivity contribution < 1.29 is 17.9 Å². The van der Waals surface area contributed by atoms with E-state index in [1.54, 1.807) is 0 Å². The number of alkyl halides is 3. The standard InChI is InChI=1S/C14H25F3N2O/c1-12-9-18-13(5-2-3-6-13)10-19(12)7-4-8-20-11-14(15,16)17/h12,18H,2-11H2,1H3. The molecule has 1 heterocycles. The van der Waals surface area contributed by atoms with Crippen molar-refractivity contribution in [2.45, 2.75) is 56.8 Å². The molecule has 1 atom stereocenters. The summed E-state index contributed by atoms with van der Waals surface area (Å²) in [6.07, 6.45) is 1.46. The second kappa shape index (κ2) is 6.62. The Balaban J connectivity index is 1.68. The van der Waals surface area contributed by atoms with Crippen LogP contribution in [0.15, 0.2) is 0 Å². The SMILES string of the molecule is CC1CNC2(CCCC2)CN1CCCOCC(F)(F)F. The summed E-state index contributed by atoms with van der Waals surface area (Å²) in [4.78, 5) is 2.40. The lowest BCUT2D eigenvalue weighted by Crippen LogP contribution is -2.62. The van der Waals surface area contributed by atoms with Gasteiger partial charge in [0.1, 0.15) is 6.61 Å². The number of nitrogens with zero attached hydrogens (tertiary/aromatic N) is 1. The van der Waals surface area contributed by atoms with E-state index in [4.69, 9.17) is 0 Å². The van der Waals surface area contributed by atoms with Gasteiger partial charge in [0.05, 0.1) is 0 Å². The average Bonchev–Trinajstić information content (AvgIpc) is 2.80. The summed E-state index contributed by atoms with van der Waals surface area (Å²) >= 11 is 0. The highest BCUT2D eigenvalue weighted by atomic mass is 19.4. The van der Waals surface area contributed by atoms with Crippen molar-refractivity contribution in [2.24, 2.45) is 0 Å². The zero-order chi connectivity index (χ0) is 14.6. The first-order chi connectivity index (χ1) is 9.40. The molecule has 1 spiro atoms. The molecule has 2 fully saturated rings. The Bertz CT molecular complexity index is 303. The highest BCUT2D eigenvalue weighted by Crippen LogP contribution is 2.33. The summed E-state index contributed by atoms with van der Waals surface area (Å²) in [5.41, 5.74) is 0.263. The Morgan fingerprint density at radius 2 is 2.00 bits per heavy atom. The van der Waals surface area contributed by atoms with Crippen molar-refractivity contribution in [2.75, 3.05) is 32.8 Å². The third-order valence-electron chi connectivity index (χ3n) is 4.46. The minimum Gasteiger partial charge on any atom is -0.372 e. The van der Waals surface area contributed by atoms with Crippen LogP contribution in [0.4, 0.5) is 13.2 Å². The van der Waals surface area contributed by atoms with Crippen molar-refractivity contribution in [3.05, 3.63) is 0 Å². The molecule has 0 bridgehead atoms. The molecule has 2 rings (SSSR count). The fraction of sp³-hybridized carbons (Fsp3) is 1.00. The monoisotopic (exact) mass is 294 g/mol. The first kappa shape index (κ1) is 16.0. The summed E-state index contributed by atoms with van der Waals surface area (Å²) in [5, 5.41) is 3.67. The van der Waals surface area contributed by atoms with Crippen LogP contribution in [0.3, 0.4) is 0 Å². The van der Waals surface area contributed by atoms with Crippen molar-refractivity contribution in [3.8, 4) is 0 Å². The molecule has 1 aliphatic carbocycles. The molecule has 3 nitrogen and oxygen atoms in total. The van der Waals surface area contributed by atoms with Gasteiger partial charge in [-0.15, -0.1) is 0 Å². The Morgan fingerprint density at radius 1 is 1.30 bits per heavy atom. The molecule has 0 aromatic carbocycles. The summed E-state index contributed by atoms with van der Waals surface area (Å²) in [6, 6.07) is 0.448. The summed E-state index contributed by atoms with van der Waals surface area (Å²) in [5.74, 6) is 0. The topological polar surface area (TPSA) is 24.5 Å². The second-order valence-corrected chi connectivity index (χ2v) is 6.21. The summed E-state index contributed by atoms with van der Waals surface area (Å²) < 4.78 is 40.5. The normalized spacial score (nSPS) is 27.3. The lowest BCUT2D eigenvalue weighted by molar-refractivity contribution is -0.174. The van der Waals surface area contributed by atoms with Gasteiger partial charge in [-0.05, 0) is 26.2 Å². The number of hydrogen-bond donors (Lipinski definition) is 1. The van der Waals surface area contributed by atoms with Gasteiger partial charge < -0.3 is 10.1 Å². The summed E-state index contributed by atoms with van der Waals surface area (Å²) in [7, 11) is 0. The van der Waals surface area contributed by atoms with Gasteiger partial charge >= 0.3 is 6.18 Å². The van der Waals surface area contributed by atoms with E-state index in [9.17, 15) is 13.2 Å². The maximum Gasteiger partial charge on any atom is 0.411 e. The quantitative estimate of drug-likeness (QED) is 0.789. The van der Waals surface area contributed by atoms with Crippen LogP contribution in [0.2, 0.25) is 0 Å². The third-order valence-corrected chi connectivity index (χ3v) is 4.46. The minimum atomic E-state index is -4.21. The molecule has 1 aliphatic heterocycles. The van der Waals surface area contributed by atoms with Gasteiger partial charge in [-0.25, -0.2) is 0 Å². The van der Waals surface area contributed by atoms with E-state index in [1.165, 1.54) is 25.7 Å². The van der Waals surface area contributed by atoms with Gasteiger partial charge in [0.15, 0.2) is 0 Å². The first-order valence-electron chi connectivity index (χ1n) is 7.54. The van der Waals surface area contributed by atoms with Gasteiger partial charge in [-0.2, -0.15) is 13.2 Å². The molecule has 0 aromatic rings. The molecular weight excluding hydrogens is 269 g/mol. The second-order valence-electron chi connectivity index (χ2n) is 6.21. The van der Waals surface area contributed by atoms with Gasteiger partial charge in [-0.1, -0.05) is 12.8 Å². The van der Waals surface area contributed by atoms with Crippen LogP contribution in [-0.4, -0.2) is 55.5 Å². The van der Waals surface area contributed by atoms with Crippen molar-refractivity contribution >= 4 is 0 Å². The van der Waals surface area contributed by atoms with E-state index < -0.39 is 12.8 Å². The predicted octanol–water partition coefficient (Wildman–Crippen LogP) is 2.56. The van der Waals surface area contributed by atoms with Crippen LogP contribution < -0.4 is 5.32 Å². The van der Waals surface area contributed by atoms with Crippen molar-refractivity contribution in [1.82, 2.24) is 10.2 Å². The molecule has 0 radical (unpaired) electrons. The lowest BCUT2D eigenvalue weighted by atomic mass is 9.92. The van der Waals surface area contributed by atoms with E-state index in [0.717, 1.165) is 19.6 Å². The largest absolute Gasteiger partial charge is 0.411 e. The van der Waals surface area contributed by atoms with Crippen LogP contribution in [-0.2, 0) is 4.74 Å². The van der Waals surface area contributed by atoms with E-state index in [1.807, 2.05) is 0 Å².